The molecule has 1 fully saturated rings. The van der Waals surface area contributed by atoms with Gasteiger partial charge in [0.1, 0.15) is 5.82 Å². The molecule has 1 aliphatic rings. The van der Waals surface area contributed by atoms with Crippen LogP contribution in [-0.2, 0) is 0 Å². The maximum absolute atomic E-state index is 4.74. The molecule has 0 saturated heterocycles. The molecule has 0 atom stereocenters. The molecule has 2 aromatic rings. The van der Waals surface area contributed by atoms with E-state index in [-0.39, 0.29) is 0 Å². The summed E-state index contributed by atoms with van der Waals surface area (Å²) in [6, 6.07) is 8.70. The number of benzene rings is 1. The molecule has 0 bridgehead atoms. The van der Waals surface area contributed by atoms with E-state index in [0.717, 1.165) is 28.8 Å². The monoisotopic (exact) mass is 281 g/mol. The van der Waals surface area contributed by atoms with Crippen molar-refractivity contribution in [1.82, 2.24) is 9.97 Å². The Hall–Kier alpha value is -1.90. The third-order valence-electron chi connectivity index (χ3n) is 4.14. The van der Waals surface area contributed by atoms with Crippen LogP contribution in [0.3, 0.4) is 0 Å². The molecule has 1 aromatic carbocycles. The summed E-state index contributed by atoms with van der Waals surface area (Å²) < 4.78 is 0. The molecule has 1 heterocycles. The Labute approximate surface area is 126 Å². The third-order valence-corrected chi connectivity index (χ3v) is 4.14. The highest BCUT2D eigenvalue weighted by atomic mass is 15.0. The van der Waals surface area contributed by atoms with Gasteiger partial charge in [-0.2, -0.15) is 0 Å². The van der Waals surface area contributed by atoms with Crippen LogP contribution >= 0.6 is 0 Å². The molecule has 21 heavy (non-hydrogen) atoms. The largest absolute Gasteiger partial charge is 0.373 e. The van der Waals surface area contributed by atoms with E-state index in [2.05, 4.69) is 50.4 Å². The zero-order valence-corrected chi connectivity index (χ0v) is 13.3. The van der Waals surface area contributed by atoms with Crippen LogP contribution < -0.4 is 5.32 Å². The van der Waals surface area contributed by atoms with E-state index in [1.807, 2.05) is 7.05 Å². The van der Waals surface area contributed by atoms with E-state index in [1.54, 1.807) is 0 Å². The van der Waals surface area contributed by atoms with Crippen LogP contribution in [0.25, 0.3) is 11.4 Å². The van der Waals surface area contributed by atoms with E-state index in [0.29, 0.717) is 5.92 Å². The lowest BCUT2D eigenvalue weighted by Gasteiger charge is -2.16. The van der Waals surface area contributed by atoms with Gasteiger partial charge >= 0.3 is 0 Å². The van der Waals surface area contributed by atoms with E-state index in [4.69, 9.17) is 9.97 Å². The number of rotatable bonds is 4. The van der Waals surface area contributed by atoms with Crippen molar-refractivity contribution in [3.8, 4) is 11.4 Å². The molecule has 0 unspecified atom stereocenters. The first-order valence-electron chi connectivity index (χ1n) is 7.76. The average molecular weight is 281 g/mol. The molecule has 3 nitrogen and oxygen atoms in total. The first kappa shape index (κ1) is 14.1. The zero-order valence-electron chi connectivity index (χ0n) is 13.3. The van der Waals surface area contributed by atoms with Crippen LogP contribution in [0.4, 0.5) is 5.82 Å². The normalized spacial score (nSPS) is 14.5. The number of anilines is 1. The summed E-state index contributed by atoms with van der Waals surface area (Å²) in [4.78, 5) is 9.49. The molecule has 0 amide bonds. The van der Waals surface area contributed by atoms with E-state index in [9.17, 15) is 0 Å². The van der Waals surface area contributed by atoms with Crippen LogP contribution in [0.1, 0.15) is 55.3 Å². The van der Waals surface area contributed by atoms with Crippen LogP contribution in [0.5, 0.6) is 0 Å². The SMILES string of the molecule is CNc1nc(-c2cccc(C3CC3)c2)nc(C)c1C(C)C. The second kappa shape index (κ2) is 5.47. The Morgan fingerprint density at radius 1 is 1.19 bits per heavy atom. The number of aromatic nitrogens is 2. The van der Waals surface area contributed by atoms with Gasteiger partial charge in [-0.15, -0.1) is 0 Å². The molecule has 1 aromatic heterocycles. The Balaban J connectivity index is 2.06. The first-order chi connectivity index (χ1) is 10.1. The smallest absolute Gasteiger partial charge is 0.161 e. The lowest BCUT2D eigenvalue weighted by Crippen LogP contribution is -2.07. The van der Waals surface area contributed by atoms with Gasteiger partial charge in [0.2, 0.25) is 0 Å². The van der Waals surface area contributed by atoms with Crippen molar-refractivity contribution in [3.63, 3.8) is 0 Å². The van der Waals surface area contributed by atoms with E-state index >= 15 is 0 Å². The number of nitrogens with zero attached hydrogens (tertiary/aromatic N) is 2. The maximum Gasteiger partial charge on any atom is 0.161 e. The van der Waals surface area contributed by atoms with Crippen molar-refractivity contribution < 1.29 is 0 Å². The highest BCUT2D eigenvalue weighted by Gasteiger charge is 2.24. The topological polar surface area (TPSA) is 37.8 Å². The summed E-state index contributed by atoms with van der Waals surface area (Å²) in [7, 11) is 1.93. The van der Waals surface area contributed by atoms with Gasteiger partial charge in [-0.05, 0) is 43.2 Å². The fourth-order valence-corrected chi connectivity index (χ4v) is 2.94. The predicted octanol–water partition coefficient (Wildman–Crippen LogP) is 4.49. The fraction of sp³-hybridized carbons (Fsp3) is 0.444. The second-order valence-electron chi connectivity index (χ2n) is 6.20. The Bertz CT molecular complexity index is 658. The van der Waals surface area contributed by atoms with Crippen molar-refractivity contribution in [3.05, 3.63) is 41.1 Å². The first-order valence-corrected chi connectivity index (χ1v) is 7.76. The zero-order chi connectivity index (χ0) is 15.0. The second-order valence-corrected chi connectivity index (χ2v) is 6.20. The summed E-state index contributed by atoms with van der Waals surface area (Å²) in [5.74, 6) is 2.94. The van der Waals surface area contributed by atoms with Crippen molar-refractivity contribution in [2.24, 2.45) is 0 Å². The highest BCUT2D eigenvalue weighted by molar-refractivity contribution is 5.61. The molecule has 0 spiro atoms. The molecule has 1 aliphatic carbocycles. The minimum atomic E-state index is 0.416. The summed E-state index contributed by atoms with van der Waals surface area (Å²) in [5, 5.41) is 3.23. The average Bonchev–Trinajstić information content (AvgIpc) is 3.30. The Morgan fingerprint density at radius 2 is 1.95 bits per heavy atom. The van der Waals surface area contributed by atoms with Crippen LogP contribution in [0.15, 0.2) is 24.3 Å². The van der Waals surface area contributed by atoms with Crippen LogP contribution in [0, 0.1) is 6.92 Å². The van der Waals surface area contributed by atoms with Gasteiger partial charge in [-0.1, -0.05) is 32.0 Å². The number of hydrogen-bond donors (Lipinski definition) is 1. The van der Waals surface area contributed by atoms with Crippen LogP contribution in [-0.4, -0.2) is 17.0 Å². The number of hydrogen-bond acceptors (Lipinski definition) is 3. The van der Waals surface area contributed by atoms with Crippen molar-refractivity contribution in [2.75, 3.05) is 12.4 Å². The van der Waals surface area contributed by atoms with Crippen LogP contribution in [0.2, 0.25) is 0 Å². The number of aryl methyl sites for hydroxylation is 1. The van der Waals surface area contributed by atoms with Crippen molar-refractivity contribution >= 4 is 5.82 Å². The molecule has 0 aliphatic heterocycles. The summed E-state index contributed by atoms with van der Waals surface area (Å²) in [6.07, 6.45) is 2.63. The summed E-state index contributed by atoms with van der Waals surface area (Å²) in [6.45, 7) is 6.44. The lowest BCUT2D eigenvalue weighted by molar-refractivity contribution is 0.833. The van der Waals surface area contributed by atoms with Crippen molar-refractivity contribution in [1.29, 1.82) is 0 Å². The molecular formula is C18H23N3. The fourth-order valence-electron chi connectivity index (χ4n) is 2.94. The van der Waals surface area contributed by atoms with Crippen molar-refractivity contribution in [2.45, 2.75) is 45.4 Å². The minimum Gasteiger partial charge on any atom is -0.373 e. The highest BCUT2D eigenvalue weighted by Crippen LogP contribution is 2.41. The van der Waals surface area contributed by atoms with Gasteiger partial charge < -0.3 is 5.32 Å². The molecule has 1 saturated carbocycles. The molecule has 0 radical (unpaired) electrons. The van der Waals surface area contributed by atoms with Gasteiger partial charge in [0, 0.05) is 23.9 Å². The molecule has 110 valence electrons. The van der Waals surface area contributed by atoms with Gasteiger partial charge in [-0.3, -0.25) is 0 Å². The summed E-state index contributed by atoms with van der Waals surface area (Å²) >= 11 is 0. The van der Waals surface area contributed by atoms with E-state index < -0.39 is 0 Å². The molecule has 3 rings (SSSR count). The van der Waals surface area contributed by atoms with Gasteiger partial charge in [-0.25, -0.2) is 9.97 Å². The van der Waals surface area contributed by atoms with E-state index in [1.165, 1.54) is 24.0 Å². The Kier molecular flexibility index (Phi) is 3.66. The van der Waals surface area contributed by atoms with Gasteiger partial charge in [0.25, 0.3) is 0 Å². The summed E-state index contributed by atoms with van der Waals surface area (Å²) in [5.41, 5.74) is 4.82. The number of nitrogens with one attached hydrogen (secondary N) is 1. The molecule has 1 N–H and O–H groups in total. The molecular weight excluding hydrogens is 258 g/mol. The van der Waals surface area contributed by atoms with Gasteiger partial charge in [0.05, 0.1) is 0 Å². The lowest BCUT2D eigenvalue weighted by atomic mass is 10.0. The standard InChI is InChI=1S/C18H23N3/c1-11(2)16-12(3)20-17(21-18(16)19-4)15-7-5-6-14(10-15)13-8-9-13/h5-7,10-11,13H,8-9H2,1-4H3,(H,19,20,21). The Morgan fingerprint density at radius 3 is 2.57 bits per heavy atom. The minimum absolute atomic E-state index is 0.416. The maximum atomic E-state index is 4.74. The predicted molar refractivity (Wildman–Crippen MR) is 87.8 cm³/mol. The quantitative estimate of drug-likeness (QED) is 0.897. The third kappa shape index (κ3) is 2.78. The van der Waals surface area contributed by atoms with Gasteiger partial charge in [0.15, 0.2) is 5.82 Å². The molecule has 3 heteroatoms.